The summed E-state index contributed by atoms with van der Waals surface area (Å²) < 4.78 is 35.5. The molecule has 220 valence electrons. The zero-order valence-corrected chi connectivity index (χ0v) is 23.6. The Balaban J connectivity index is 2.81. The predicted molar refractivity (Wildman–Crippen MR) is 140 cm³/mol. The van der Waals surface area contributed by atoms with Crippen molar-refractivity contribution in [1.82, 2.24) is 0 Å². The van der Waals surface area contributed by atoms with Crippen molar-refractivity contribution in [2.45, 2.75) is 73.0 Å². The third-order valence-corrected chi connectivity index (χ3v) is 4.69. The number of hydrogen-bond donors (Lipinski definition) is 1. The molecule has 0 spiro atoms. The summed E-state index contributed by atoms with van der Waals surface area (Å²) in [7, 11) is 0. The molecular weight excluding hydrogens is 514 g/mol. The molecule has 0 aliphatic heterocycles. The fraction of sp³-hybridized carbons (Fsp3) is 0.630. The summed E-state index contributed by atoms with van der Waals surface area (Å²) in [5.41, 5.74) is 6.49. The molecule has 1 aromatic rings. The van der Waals surface area contributed by atoms with Gasteiger partial charge in [0.05, 0.1) is 19.8 Å². The molecule has 2 N–H and O–H groups in total. The fourth-order valence-electron chi connectivity index (χ4n) is 2.74. The Bertz CT molecular complexity index is 932. The van der Waals surface area contributed by atoms with Crippen LogP contribution in [0.5, 0.6) is 11.5 Å². The van der Waals surface area contributed by atoms with Crippen molar-refractivity contribution in [3.8, 4) is 11.5 Å². The van der Waals surface area contributed by atoms with E-state index < -0.39 is 36.6 Å². The van der Waals surface area contributed by atoms with Crippen LogP contribution in [-0.4, -0.2) is 63.0 Å². The minimum atomic E-state index is -1.09. The van der Waals surface area contributed by atoms with Crippen molar-refractivity contribution in [3.63, 3.8) is 0 Å². The van der Waals surface area contributed by atoms with Gasteiger partial charge in [-0.1, -0.05) is 47.1 Å². The number of nitrogens with two attached hydrogens (primary N) is 1. The fourth-order valence-corrected chi connectivity index (χ4v) is 2.74. The zero-order chi connectivity index (χ0) is 29.4. The molecule has 0 heterocycles. The monoisotopic (exact) mass is 555 g/mol. The summed E-state index contributed by atoms with van der Waals surface area (Å²) in [5, 5.41) is 0. The molecule has 2 atom stereocenters. The van der Waals surface area contributed by atoms with E-state index in [2.05, 4.69) is 0 Å². The summed E-state index contributed by atoms with van der Waals surface area (Å²) in [4.78, 5) is 48.2. The van der Waals surface area contributed by atoms with Crippen LogP contribution in [0.1, 0.15) is 59.9 Å². The van der Waals surface area contributed by atoms with E-state index in [-0.39, 0.29) is 56.2 Å². The number of ether oxygens (including phenoxy) is 7. The highest BCUT2D eigenvalue weighted by molar-refractivity contribution is 5.76. The van der Waals surface area contributed by atoms with Crippen molar-refractivity contribution in [2.24, 2.45) is 17.6 Å². The van der Waals surface area contributed by atoms with Gasteiger partial charge in [-0.3, -0.25) is 4.79 Å². The number of esters is 1. The van der Waals surface area contributed by atoms with E-state index in [1.54, 1.807) is 13.0 Å². The highest BCUT2D eigenvalue weighted by Gasteiger charge is 2.22. The van der Waals surface area contributed by atoms with Gasteiger partial charge in [-0.05, 0) is 49.3 Å². The van der Waals surface area contributed by atoms with Crippen molar-refractivity contribution < 1.29 is 52.3 Å². The van der Waals surface area contributed by atoms with E-state index in [9.17, 15) is 19.2 Å². The van der Waals surface area contributed by atoms with Gasteiger partial charge in [0, 0.05) is 0 Å². The van der Waals surface area contributed by atoms with Crippen LogP contribution in [0.3, 0.4) is 0 Å². The quantitative estimate of drug-likeness (QED) is 0.137. The van der Waals surface area contributed by atoms with Crippen LogP contribution < -0.4 is 15.2 Å². The molecule has 1 rings (SSSR count). The first-order valence-corrected chi connectivity index (χ1v) is 13.0. The van der Waals surface area contributed by atoms with Gasteiger partial charge in [-0.25, -0.2) is 14.4 Å². The number of rotatable bonds is 15. The van der Waals surface area contributed by atoms with E-state index in [0.29, 0.717) is 5.56 Å². The van der Waals surface area contributed by atoms with Crippen LogP contribution in [0.25, 0.3) is 0 Å². The maximum Gasteiger partial charge on any atom is 0.513 e. The minimum Gasteiger partial charge on any atom is -0.458 e. The van der Waals surface area contributed by atoms with Crippen LogP contribution in [0.15, 0.2) is 18.2 Å². The molecule has 12 nitrogen and oxygen atoms in total. The first-order valence-electron chi connectivity index (χ1n) is 13.0. The topological polar surface area (TPSA) is 159 Å². The Morgan fingerprint density at radius 1 is 0.769 bits per heavy atom. The molecule has 0 bridgehead atoms. The number of benzene rings is 1. The zero-order valence-electron chi connectivity index (χ0n) is 23.6. The van der Waals surface area contributed by atoms with E-state index in [0.717, 1.165) is 12.8 Å². The molecule has 0 saturated heterocycles. The van der Waals surface area contributed by atoms with Gasteiger partial charge in [-0.2, -0.15) is 0 Å². The Labute approximate surface area is 229 Å². The maximum atomic E-state index is 12.5. The van der Waals surface area contributed by atoms with Crippen molar-refractivity contribution in [3.05, 3.63) is 23.8 Å². The number of carbonyl (C=O) groups excluding carboxylic acids is 4. The number of carbonyl (C=O) groups is 4. The highest BCUT2D eigenvalue weighted by Crippen LogP contribution is 2.30. The van der Waals surface area contributed by atoms with Crippen molar-refractivity contribution >= 4 is 24.4 Å². The number of unbranched alkanes of at least 4 members (excludes halogenated alkanes) is 1. The Morgan fingerprint density at radius 3 is 1.90 bits per heavy atom. The van der Waals surface area contributed by atoms with E-state index >= 15 is 0 Å². The average molecular weight is 556 g/mol. The van der Waals surface area contributed by atoms with Crippen molar-refractivity contribution in [1.29, 1.82) is 0 Å². The van der Waals surface area contributed by atoms with Crippen LogP contribution in [0.4, 0.5) is 14.4 Å². The Kier molecular flexibility index (Phi) is 15.3. The third kappa shape index (κ3) is 14.8. The average Bonchev–Trinajstić information content (AvgIpc) is 2.86. The molecule has 12 heteroatoms. The Morgan fingerprint density at radius 2 is 1.33 bits per heavy atom. The molecular formula is C27H41NO11. The summed E-state index contributed by atoms with van der Waals surface area (Å²) in [6.45, 7) is 11.3. The lowest BCUT2D eigenvalue weighted by Crippen LogP contribution is -2.37. The van der Waals surface area contributed by atoms with Crippen LogP contribution in [0.2, 0.25) is 0 Å². The van der Waals surface area contributed by atoms with E-state index in [4.69, 9.17) is 38.9 Å². The molecule has 0 aliphatic carbocycles. The van der Waals surface area contributed by atoms with Crippen LogP contribution >= 0.6 is 0 Å². The Hall–Kier alpha value is -3.54. The molecule has 0 aliphatic rings. The molecule has 0 unspecified atom stereocenters. The van der Waals surface area contributed by atoms with E-state index in [1.165, 1.54) is 12.1 Å². The second-order valence-corrected chi connectivity index (χ2v) is 9.72. The lowest BCUT2D eigenvalue weighted by Gasteiger charge is -2.17. The minimum absolute atomic E-state index is 0.000940. The largest absolute Gasteiger partial charge is 0.513 e. The summed E-state index contributed by atoms with van der Waals surface area (Å²) in [6, 6.07) is 3.24. The van der Waals surface area contributed by atoms with Gasteiger partial charge in [0.25, 0.3) is 0 Å². The molecule has 0 fully saturated rings. The lowest BCUT2D eigenvalue weighted by molar-refractivity contribution is -0.152. The maximum absolute atomic E-state index is 12.5. The van der Waals surface area contributed by atoms with Crippen LogP contribution in [-0.2, 0) is 34.9 Å². The molecule has 0 radical (unpaired) electrons. The second-order valence-electron chi connectivity index (χ2n) is 9.72. The van der Waals surface area contributed by atoms with Crippen molar-refractivity contribution in [2.75, 3.05) is 26.4 Å². The van der Waals surface area contributed by atoms with Gasteiger partial charge < -0.3 is 38.9 Å². The predicted octanol–water partition coefficient (Wildman–Crippen LogP) is 4.78. The summed E-state index contributed by atoms with van der Waals surface area (Å²) >= 11 is 0. The smallest absolute Gasteiger partial charge is 0.458 e. The second kappa shape index (κ2) is 17.9. The van der Waals surface area contributed by atoms with E-state index in [1.807, 2.05) is 34.6 Å². The first-order chi connectivity index (χ1) is 18.4. The molecule has 0 aromatic heterocycles. The van der Waals surface area contributed by atoms with Gasteiger partial charge in [0.1, 0.15) is 18.8 Å². The normalized spacial score (nSPS) is 12.3. The summed E-state index contributed by atoms with van der Waals surface area (Å²) in [5.74, 6) is -0.763. The van der Waals surface area contributed by atoms with Gasteiger partial charge >= 0.3 is 24.4 Å². The molecule has 0 saturated carbocycles. The molecule has 0 amide bonds. The van der Waals surface area contributed by atoms with Gasteiger partial charge in [0.15, 0.2) is 11.5 Å². The molecule has 39 heavy (non-hydrogen) atoms. The summed E-state index contributed by atoms with van der Waals surface area (Å²) in [6.07, 6.45) is -1.98. The standard InChI is InChI=1S/C27H41NO11/c1-7-8-11-33-25(30)36-16-19(6)37-24(29)21(28)12-20-9-10-22(38-26(31)34-14-17(2)3)23(13-20)39-27(32)35-15-18(4)5/h9-10,13,17-19,21H,7-8,11-12,14-16,28H2,1-6H3/t19-,21-/m0/s1. The first kappa shape index (κ1) is 33.5. The lowest BCUT2D eigenvalue weighted by atomic mass is 10.1. The van der Waals surface area contributed by atoms with Gasteiger partial charge in [0.2, 0.25) is 0 Å². The third-order valence-electron chi connectivity index (χ3n) is 4.69. The highest BCUT2D eigenvalue weighted by atomic mass is 16.7. The van der Waals surface area contributed by atoms with Crippen LogP contribution in [0, 0.1) is 11.8 Å². The molecule has 1 aromatic carbocycles. The van der Waals surface area contributed by atoms with Gasteiger partial charge in [-0.15, -0.1) is 0 Å². The number of hydrogen-bond acceptors (Lipinski definition) is 12. The SMILES string of the molecule is CCCCOC(=O)OC[C@H](C)OC(=O)[C@@H](N)Cc1ccc(OC(=O)OCC(C)C)c(OC(=O)OCC(C)C)c1.